The Morgan fingerprint density at radius 3 is 2.00 bits per heavy atom. The molecular formula is C25H30N2O7. The van der Waals surface area contributed by atoms with Crippen LogP contribution in [0, 0.1) is 0 Å². The largest absolute Gasteiger partial charge is 0.872 e. The first kappa shape index (κ1) is 24.9. The Labute approximate surface area is 199 Å². The van der Waals surface area contributed by atoms with Crippen molar-refractivity contribution >= 4 is 17.4 Å². The molecule has 0 bridgehead atoms. The van der Waals surface area contributed by atoms with Gasteiger partial charge in [-0.1, -0.05) is 17.9 Å². The molecule has 0 spiro atoms. The number of nitrogens with one attached hydrogen (secondary N) is 1. The van der Waals surface area contributed by atoms with Crippen molar-refractivity contribution in [1.29, 1.82) is 0 Å². The van der Waals surface area contributed by atoms with Gasteiger partial charge in [-0.3, -0.25) is 9.59 Å². The van der Waals surface area contributed by atoms with Crippen LogP contribution in [0.1, 0.15) is 17.2 Å². The number of nitrogens with zero attached hydrogens (tertiary/aromatic N) is 1. The summed E-state index contributed by atoms with van der Waals surface area (Å²) in [5, 5.41) is 13.6. The van der Waals surface area contributed by atoms with E-state index in [4.69, 9.17) is 18.9 Å². The molecule has 0 saturated carbocycles. The number of quaternary nitrogens is 1. The standard InChI is InChI=1S/C25H30N2O7/c1-26(2)11-12-27-22(15-7-9-17(31-3)19(13-15)33-5)21(24(29)25(27)30)23(28)16-8-10-18(32-4)20(14-16)34-6/h7-10,13-14,22,28H,11-12H2,1-6H3. The molecule has 1 heterocycles. The first-order valence-electron chi connectivity index (χ1n) is 10.8. The minimum absolute atomic E-state index is 0.113. The van der Waals surface area contributed by atoms with Gasteiger partial charge < -0.3 is 33.9 Å². The molecule has 1 aliphatic rings. The van der Waals surface area contributed by atoms with Gasteiger partial charge in [0.2, 0.25) is 5.78 Å². The number of amides is 1. The van der Waals surface area contributed by atoms with Gasteiger partial charge in [0.15, 0.2) is 23.0 Å². The van der Waals surface area contributed by atoms with Crippen molar-refractivity contribution in [1.82, 2.24) is 4.90 Å². The number of carbonyl (C=O) groups is 2. The van der Waals surface area contributed by atoms with E-state index in [2.05, 4.69) is 0 Å². The van der Waals surface area contributed by atoms with Crippen LogP contribution in [-0.2, 0) is 9.59 Å². The van der Waals surface area contributed by atoms with E-state index in [-0.39, 0.29) is 11.1 Å². The second-order valence-electron chi connectivity index (χ2n) is 8.11. The zero-order valence-electron chi connectivity index (χ0n) is 20.3. The highest BCUT2D eigenvalue weighted by Gasteiger charge is 2.44. The summed E-state index contributed by atoms with van der Waals surface area (Å²) in [6.45, 7) is 0.898. The average molecular weight is 471 g/mol. The van der Waals surface area contributed by atoms with Crippen LogP contribution in [0.25, 0.3) is 5.76 Å². The smallest absolute Gasteiger partial charge is 0.295 e. The molecule has 1 atom stereocenters. The van der Waals surface area contributed by atoms with Crippen LogP contribution in [0.4, 0.5) is 0 Å². The molecule has 182 valence electrons. The molecule has 34 heavy (non-hydrogen) atoms. The van der Waals surface area contributed by atoms with E-state index in [1.807, 2.05) is 14.1 Å². The molecule has 0 aliphatic carbocycles. The number of ketones is 1. The Morgan fingerprint density at radius 1 is 0.882 bits per heavy atom. The number of methoxy groups -OCH3 is 4. The van der Waals surface area contributed by atoms with Crippen LogP contribution in [-0.4, -0.2) is 72.2 Å². The number of Topliss-reactive ketones (excluding diaryl/α,β-unsaturated/α-hetero) is 1. The lowest BCUT2D eigenvalue weighted by Gasteiger charge is -2.28. The Hall–Kier alpha value is -3.72. The lowest BCUT2D eigenvalue weighted by Crippen LogP contribution is -3.06. The van der Waals surface area contributed by atoms with Crippen molar-refractivity contribution in [3.05, 3.63) is 53.1 Å². The predicted octanol–water partition coefficient (Wildman–Crippen LogP) is 0.0895. The summed E-state index contributed by atoms with van der Waals surface area (Å²) in [6.07, 6.45) is 0. The van der Waals surface area contributed by atoms with Crippen LogP contribution in [0.5, 0.6) is 23.0 Å². The number of carbonyl (C=O) groups excluding carboxylic acids is 2. The number of rotatable bonds is 9. The van der Waals surface area contributed by atoms with E-state index >= 15 is 0 Å². The Kier molecular flexibility index (Phi) is 7.68. The van der Waals surface area contributed by atoms with Crippen LogP contribution in [0.2, 0.25) is 0 Å². The summed E-state index contributed by atoms with van der Waals surface area (Å²) in [4.78, 5) is 28.7. The van der Waals surface area contributed by atoms with Crippen molar-refractivity contribution in [3.63, 3.8) is 0 Å². The van der Waals surface area contributed by atoms with Gasteiger partial charge in [-0.05, 0) is 35.4 Å². The van der Waals surface area contributed by atoms with Crippen LogP contribution < -0.4 is 29.0 Å². The van der Waals surface area contributed by atoms with E-state index in [0.29, 0.717) is 41.7 Å². The molecule has 2 aromatic carbocycles. The van der Waals surface area contributed by atoms with Gasteiger partial charge in [0, 0.05) is 5.57 Å². The van der Waals surface area contributed by atoms with Gasteiger partial charge in [0.1, 0.15) is 0 Å². The first-order valence-corrected chi connectivity index (χ1v) is 10.8. The molecule has 1 saturated heterocycles. The number of benzene rings is 2. The molecule has 0 aromatic heterocycles. The minimum atomic E-state index is -0.861. The highest BCUT2D eigenvalue weighted by Crippen LogP contribution is 2.42. The molecule has 1 unspecified atom stereocenters. The lowest BCUT2D eigenvalue weighted by molar-refractivity contribution is -0.857. The van der Waals surface area contributed by atoms with Crippen molar-refractivity contribution in [2.24, 2.45) is 0 Å². The fourth-order valence-corrected chi connectivity index (χ4v) is 3.95. The van der Waals surface area contributed by atoms with Gasteiger partial charge in [-0.15, -0.1) is 0 Å². The zero-order valence-corrected chi connectivity index (χ0v) is 20.3. The van der Waals surface area contributed by atoms with Gasteiger partial charge >= 0.3 is 0 Å². The Balaban J connectivity index is 2.20. The maximum absolute atomic E-state index is 13.6. The first-order chi connectivity index (χ1) is 16.3. The van der Waals surface area contributed by atoms with Crippen molar-refractivity contribution in [3.8, 4) is 23.0 Å². The highest BCUT2D eigenvalue weighted by molar-refractivity contribution is 6.46. The molecule has 9 heteroatoms. The maximum atomic E-state index is 13.6. The molecule has 1 aliphatic heterocycles. The zero-order chi connectivity index (χ0) is 25.0. The SMILES string of the molecule is COc1ccc(C([O-])=C2C(=O)C(=O)N(CC[NH+](C)C)C2c2ccc(OC)c(OC)c2)cc1OC. The number of hydrogen-bond acceptors (Lipinski definition) is 7. The summed E-state index contributed by atoms with van der Waals surface area (Å²) in [5.74, 6) is -0.329. The fourth-order valence-electron chi connectivity index (χ4n) is 3.95. The number of ether oxygens (including phenoxy) is 4. The summed E-state index contributed by atoms with van der Waals surface area (Å²) in [5.41, 5.74) is 0.687. The highest BCUT2D eigenvalue weighted by atomic mass is 16.5. The monoisotopic (exact) mass is 470 g/mol. The lowest BCUT2D eigenvalue weighted by atomic mass is 9.95. The average Bonchev–Trinajstić information content (AvgIpc) is 3.10. The molecule has 2 aromatic rings. The molecule has 3 rings (SSSR count). The van der Waals surface area contributed by atoms with Crippen LogP contribution >= 0.6 is 0 Å². The summed E-state index contributed by atoms with van der Waals surface area (Å²) in [7, 11) is 9.87. The normalized spacial score (nSPS) is 17.3. The molecule has 0 radical (unpaired) electrons. The molecule has 1 fully saturated rings. The van der Waals surface area contributed by atoms with Crippen molar-refractivity contribution < 1.29 is 38.5 Å². The van der Waals surface area contributed by atoms with E-state index in [0.717, 1.165) is 4.90 Å². The molecule has 1 N–H and O–H groups in total. The number of likely N-dealkylation sites (tertiary alicyclic amines) is 1. The van der Waals surface area contributed by atoms with E-state index < -0.39 is 23.5 Å². The molecular weight excluding hydrogens is 440 g/mol. The number of likely N-dealkylation sites (N-methyl/N-ethyl adjacent to an activating group) is 1. The van der Waals surface area contributed by atoms with E-state index in [1.165, 1.54) is 39.4 Å². The van der Waals surface area contributed by atoms with E-state index in [9.17, 15) is 14.7 Å². The Morgan fingerprint density at radius 2 is 1.44 bits per heavy atom. The third-order valence-corrected chi connectivity index (χ3v) is 5.75. The minimum Gasteiger partial charge on any atom is -0.872 e. The summed E-state index contributed by atoms with van der Waals surface area (Å²) >= 11 is 0. The van der Waals surface area contributed by atoms with Gasteiger partial charge in [-0.2, -0.15) is 0 Å². The maximum Gasteiger partial charge on any atom is 0.295 e. The van der Waals surface area contributed by atoms with E-state index in [1.54, 1.807) is 30.3 Å². The molecule has 9 nitrogen and oxygen atoms in total. The predicted molar refractivity (Wildman–Crippen MR) is 123 cm³/mol. The second-order valence-corrected chi connectivity index (χ2v) is 8.11. The third-order valence-electron chi connectivity index (χ3n) is 5.75. The Bertz CT molecular complexity index is 1110. The van der Waals surface area contributed by atoms with Crippen molar-refractivity contribution in [2.45, 2.75) is 6.04 Å². The molecule has 1 amide bonds. The van der Waals surface area contributed by atoms with Crippen molar-refractivity contribution in [2.75, 3.05) is 55.6 Å². The number of hydrogen-bond donors (Lipinski definition) is 1. The quantitative estimate of drug-likeness (QED) is 0.315. The van der Waals surface area contributed by atoms with Gasteiger partial charge in [0.25, 0.3) is 5.91 Å². The summed E-state index contributed by atoms with van der Waals surface area (Å²) < 4.78 is 21.3. The topological polar surface area (TPSA) is 102 Å². The van der Waals surface area contributed by atoms with Crippen LogP contribution in [0.15, 0.2) is 42.0 Å². The van der Waals surface area contributed by atoms with Gasteiger partial charge in [0.05, 0.1) is 61.7 Å². The summed E-state index contributed by atoms with van der Waals surface area (Å²) in [6, 6.07) is 8.89. The fraction of sp³-hybridized carbons (Fsp3) is 0.360. The third kappa shape index (κ3) is 4.65. The van der Waals surface area contributed by atoms with Gasteiger partial charge in [-0.25, -0.2) is 0 Å². The second kappa shape index (κ2) is 10.5. The van der Waals surface area contributed by atoms with Crippen LogP contribution in [0.3, 0.4) is 0 Å².